The van der Waals surface area contributed by atoms with Crippen LogP contribution in [0.1, 0.15) is 36.2 Å². The molecule has 1 saturated carbocycles. The highest BCUT2D eigenvalue weighted by Gasteiger charge is 2.37. The van der Waals surface area contributed by atoms with Gasteiger partial charge in [-0.1, -0.05) is 0 Å². The van der Waals surface area contributed by atoms with Crippen LogP contribution in [0.15, 0.2) is 27.4 Å². The highest BCUT2D eigenvalue weighted by atomic mass is 31.1. The molecular weight excluding hydrogens is 379 g/mol. The highest BCUT2D eigenvalue weighted by molar-refractivity contribution is 7.39. The summed E-state index contributed by atoms with van der Waals surface area (Å²) in [6.07, 6.45) is 2.59. The van der Waals surface area contributed by atoms with Crippen LogP contribution in [0.3, 0.4) is 0 Å². The van der Waals surface area contributed by atoms with Gasteiger partial charge in [0, 0.05) is 12.6 Å². The molecular formula is C17H20FNO5P2. The summed E-state index contributed by atoms with van der Waals surface area (Å²) in [5.41, 5.74) is -1.98. The summed E-state index contributed by atoms with van der Waals surface area (Å²) < 4.78 is 18.7. The van der Waals surface area contributed by atoms with E-state index in [0.717, 1.165) is 25.0 Å². The maximum atomic E-state index is 13.5. The molecule has 26 heavy (non-hydrogen) atoms. The minimum absolute atomic E-state index is 0.00295. The number of rotatable bonds is 3. The van der Waals surface area contributed by atoms with E-state index >= 15 is 0 Å². The lowest BCUT2D eigenvalue weighted by molar-refractivity contribution is 0.00397. The SMILES string of the molecule is O=C(NCC1(O)CCC(P)(P)CC1)c1cc(=O)c2ccc(F)c(O)c2o1. The maximum absolute atomic E-state index is 13.5. The molecule has 2 atom stereocenters. The van der Waals surface area contributed by atoms with Crippen LogP contribution in [0.4, 0.5) is 4.39 Å². The van der Waals surface area contributed by atoms with Gasteiger partial charge < -0.3 is 19.9 Å². The lowest BCUT2D eigenvalue weighted by Crippen LogP contribution is -2.46. The van der Waals surface area contributed by atoms with Gasteiger partial charge in [0.15, 0.2) is 28.3 Å². The zero-order valence-corrected chi connectivity index (χ0v) is 16.2. The zero-order valence-electron chi connectivity index (χ0n) is 13.9. The number of nitrogens with one attached hydrogen (secondary N) is 1. The van der Waals surface area contributed by atoms with Crippen molar-refractivity contribution in [2.45, 2.75) is 36.2 Å². The highest BCUT2D eigenvalue weighted by Crippen LogP contribution is 2.44. The van der Waals surface area contributed by atoms with Crippen molar-refractivity contribution in [3.8, 4) is 5.75 Å². The van der Waals surface area contributed by atoms with Crippen LogP contribution in [-0.4, -0.2) is 33.2 Å². The van der Waals surface area contributed by atoms with Gasteiger partial charge in [0.1, 0.15) is 0 Å². The molecule has 1 fully saturated rings. The molecule has 0 radical (unpaired) electrons. The number of benzene rings is 1. The normalized spacial score (nSPS) is 18.6. The largest absolute Gasteiger partial charge is 0.502 e. The number of phenols is 1. The minimum atomic E-state index is -1.03. The fourth-order valence-electron chi connectivity index (χ4n) is 2.98. The topological polar surface area (TPSA) is 99.8 Å². The summed E-state index contributed by atoms with van der Waals surface area (Å²) in [6, 6.07) is 3.11. The summed E-state index contributed by atoms with van der Waals surface area (Å²) in [7, 11) is 5.50. The Balaban J connectivity index is 1.78. The number of phenolic OH excluding ortho intramolecular Hbond substituents is 1. The second-order valence-corrected chi connectivity index (χ2v) is 9.85. The molecule has 0 aliphatic heterocycles. The average molecular weight is 399 g/mol. The Morgan fingerprint density at radius 3 is 2.58 bits per heavy atom. The molecule has 1 aliphatic rings. The van der Waals surface area contributed by atoms with Crippen molar-refractivity contribution in [2.24, 2.45) is 0 Å². The number of carbonyl (C=O) groups excluding carboxylic acids is 1. The number of halogens is 1. The second kappa shape index (κ2) is 6.88. The van der Waals surface area contributed by atoms with Crippen molar-refractivity contribution < 1.29 is 23.8 Å². The summed E-state index contributed by atoms with van der Waals surface area (Å²) in [6.45, 7) is 0.00806. The minimum Gasteiger partial charge on any atom is -0.502 e. The molecule has 0 bridgehead atoms. The van der Waals surface area contributed by atoms with Gasteiger partial charge in [-0.2, -0.15) is 0 Å². The van der Waals surface area contributed by atoms with Gasteiger partial charge >= 0.3 is 0 Å². The molecule has 3 rings (SSSR count). The van der Waals surface area contributed by atoms with E-state index in [-0.39, 0.29) is 28.2 Å². The van der Waals surface area contributed by atoms with Gasteiger partial charge in [-0.15, -0.1) is 18.5 Å². The molecule has 1 amide bonds. The van der Waals surface area contributed by atoms with Crippen molar-refractivity contribution >= 4 is 35.4 Å². The van der Waals surface area contributed by atoms with E-state index in [1.165, 1.54) is 6.07 Å². The Hall–Kier alpha value is -1.55. The Morgan fingerprint density at radius 2 is 1.92 bits per heavy atom. The van der Waals surface area contributed by atoms with Gasteiger partial charge in [0.05, 0.1) is 11.0 Å². The van der Waals surface area contributed by atoms with E-state index in [9.17, 15) is 24.2 Å². The monoisotopic (exact) mass is 399 g/mol. The second-order valence-electron chi connectivity index (χ2n) is 6.89. The molecule has 1 heterocycles. The molecule has 1 aromatic carbocycles. The van der Waals surface area contributed by atoms with Crippen molar-refractivity contribution in [1.82, 2.24) is 5.32 Å². The number of aromatic hydroxyl groups is 1. The van der Waals surface area contributed by atoms with Crippen molar-refractivity contribution in [2.75, 3.05) is 6.54 Å². The van der Waals surface area contributed by atoms with Crippen LogP contribution in [-0.2, 0) is 0 Å². The van der Waals surface area contributed by atoms with E-state index in [1.54, 1.807) is 0 Å². The maximum Gasteiger partial charge on any atom is 0.287 e. The lowest BCUT2D eigenvalue weighted by atomic mass is 9.84. The molecule has 6 nitrogen and oxygen atoms in total. The van der Waals surface area contributed by atoms with E-state index in [0.29, 0.717) is 12.8 Å². The molecule has 2 unspecified atom stereocenters. The first-order valence-corrected chi connectivity index (χ1v) is 9.29. The number of fused-ring (bicyclic) bond motifs is 1. The lowest BCUT2D eigenvalue weighted by Gasteiger charge is -2.39. The van der Waals surface area contributed by atoms with Crippen LogP contribution in [0.2, 0.25) is 0 Å². The molecule has 140 valence electrons. The zero-order chi connectivity index (χ0) is 19.1. The van der Waals surface area contributed by atoms with Gasteiger partial charge in [0.2, 0.25) is 0 Å². The fourth-order valence-corrected chi connectivity index (χ4v) is 3.56. The molecule has 1 aromatic heterocycles. The molecule has 3 N–H and O–H groups in total. The predicted molar refractivity (Wildman–Crippen MR) is 102 cm³/mol. The quantitative estimate of drug-likeness (QED) is 0.687. The number of carbonyl (C=O) groups is 1. The Kier molecular flexibility index (Phi) is 5.08. The average Bonchev–Trinajstić information content (AvgIpc) is 2.59. The number of hydrogen-bond donors (Lipinski definition) is 3. The Bertz CT molecular complexity index is 917. The van der Waals surface area contributed by atoms with E-state index in [2.05, 4.69) is 23.8 Å². The third kappa shape index (κ3) is 3.90. The Morgan fingerprint density at radius 1 is 1.27 bits per heavy atom. The van der Waals surface area contributed by atoms with Gasteiger partial charge in [-0.05, 0) is 42.7 Å². The van der Waals surface area contributed by atoms with E-state index < -0.39 is 28.5 Å². The third-order valence-electron chi connectivity index (χ3n) is 4.74. The van der Waals surface area contributed by atoms with Crippen LogP contribution in [0, 0.1) is 5.82 Å². The standard InChI is InChI=1S/C17H20FNO5P2/c18-10-2-1-9-11(20)7-12(24-14(9)13(10)21)15(22)19-8-16(23)3-5-17(25,26)6-4-16/h1-2,7,21,23H,3-6,8,25-26H2,(H,19,22). The predicted octanol–water partition coefficient (Wildman–Crippen LogP) is 2.12. The first-order chi connectivity index (χ1) is 12.1. The third-order valence-corrected chi connectivity index (χ3v) is 5.89. The van der Waals surface area contributed by atoms with Gasteiger partial charge in [-0.25, -0.2) is 4.39 Å². The number of hydrogen-bond acceptors (Lipinski definition) is 5. The fraction of sp³-hybridized carbons (Fsp3) is 0.412. The molecule has 0 spiro atoms. The molecule has 9 heteroatoms. The number of aliphatic hydroxyl groups is 1. The van der Waals surface area contributed by atoms with Crippen molar-refractivity contribution in [3.05, 3.63) is 40.0 Å². The van der Waals surface area contributed by atoms with Crippen molar-refractivity contribution in [1.29, 1.82) is 0 Å². The van der Waals surface area contributed by atoms with E-state index in [4.69, 9.17) is 4.42 Å². The summed E-state index contributed by atoms with van der Waals surface area (Å²) in [5.74, 6) is -2.84. The first kappa shape index (κ1) is 19.2. The number of amides is 1. The molecule has 1 aliphatic carbocycles. The summed E-state index contributed by atoms with van der Waals surface area (Å²) in [5, 5.41) is 22.8. The van der Waals surface area contributed by atoms with Crippen LogP contribution in [0.25, 0.3) is 11.0 Å². The van der Waals surface area contributed by atoms with Gasteiger partial charge in [0.25, 0.3) is 5.91 Å². The Labute approximate surface area is 153 Å². The van der Waals surface area contributed by atoms with Crippen molar-refractivity contribution in [3.63, 3.8) is 0 Å². The molecule has 0 saturated heterocycles. The van der Waals surface area contributed by atoms with Crippen LogP contribution >= 0.6 is 18.5 Å². The van der Waals surface area contributed by atoms with Crippen LogP contribution < -0.4 is 10.7 Å². The molecule has 2 aromatic rings. The van der Waals surface area contributed by atoms with Crippen LogP contribution in [0.5, 0.6) is 5.75 Å². The first-order valence-electron chi connectivity index (χ1n) is 8.14. The smallest absolute Gasteiger partial charge is 0.287 e. The van der Waals surface area contributed by atoms with E-state index in [1.807, 2.05) is 0 Å². The van der Waals surface area contributed by atoms with Gasteiger partial charge in [-0.3, -0.25) is 9.59 Å². The summed E-state index contributed by atoms with van der Waals surface area (Å²) in [4.78, 5) is 24.4. The summed E-state index contributed by atoms with van der Waals surface area (Å²) >= 11 is 0.